The Labute approximate surface area is 378 Å². The predicted octanol–water partition coefficient (Wildman–Crippen LogP) is 17.1. The Hall–Kier alpha value is -2.63. The number of hydrogen-bond donors (Lipinski definition) is 0. The number of esters is 3. The van der Waals surface area contributed by atoms with Gasteiger partial charge in [0.1, 0.15) is 13.2 Å². The second-order valence-electron chi connectivity index (χ2n) is 17.5. The number of allylic oxidation sites excluding steroid dienone is 8. The fourth-order valence-electron chi connectivity index (χ4n) is 7.44. The van der Waals surface area contributed by atoms with E-state index in [1.165, 1.54) is 141 Å². The van der Waals surface area contributed by atoms with Gasteiger partial charge in [-0.2, -0.15) is 0 Å². The van der Waals surface area contributed by atoms with E-state index in [4.69, 9.17) is 14.2 Å². The molecule has 61 heavy (non-hydrogen) atoms. The summed E-state index contributed by atoms with van der Waals surface area (Å²) in [6, 6.07) is 0. The Morgan fingerprint density at radius 3 is 1.05 bits per heavy atom. The lowest BCUT2D eigenvalue weighted by molar-refractivity contribution is -0.167. The summed E-state index contributed by atoms with van der Waals surface area (Å²) in [5.74, 6) is -0.900. The van der Waals surface area contributed by atoms with Crippen LogP contribution in [0.15, 0.2) is 48.6 Å². The van der Waals surface area contributed by atoms with Gasteiger partial charge in [0.25, 0.3) is 0 Å². The van der Waals surface area contributed by atoms with Gasteiger partial charge in [0.2, 0.25) is 0 Å². The molecule has 0 aromatic rings. The molecule has 0 aliphatic heterocycles. The molecule has 0 saturated heterocycles. The molecule has 1 atom stereocenters. The second-order valence-corrected chi connectivity index (χ2v) is 17.5. The van der Waals surface area contributed by atoms with E-state index < -0.39 is 6.10 Å². The quantitative estimate of drug-likeness (QED) is 0.0199. The zero-order valence-corrected chi connectivity index (χ0v) is 40.4. The minimum absolute atomic E-state index is 0.0819. The van der Waals surface area contributed by atoms with Crippen LogP contribution in [0, 0.1) is 0 Å². The Morgan fingerprint density at radius 1 is 0.344 bits per heavy atom. The van der Waals surface area contributed by atoms with Crippen LogP contribution in [-0.4, -0.2) is 37.2 Å². The fraction of sp³-hybridized carbons (Fsp3) is 0.800. The summed E-state index contributed by atoms with van der Waals surface area (Å²) in [6.45, 7) is 6.50. The molecule has 6 nitrogen and oxygen atoms in total. The van der Waals surface area contributed by atoms with Crippen LogP contribution in [0.1, 0.15) is 265 Å². The van der Waals surface area contributed by atoms with Crippen LogP contribution >= 0.6 is 0 Å². The van der Waals surface area contributed by atoms with E-state index in [1.54, 1.807) is 0 Å². The summed E-state index contributed by atoms with van der Waals surface area (Å²) >= 11 is 0. The first-order valence-corrected chi connectivity index (χ1v) is 26.2. The summed E-state index contributed by atoms with van der Waals surface area (Å²) < 4.78 is 16.8. The molecule has 0 heterocycles. The number of carbonyl (C=O) groups excluding carboxylic acids is 3. The molecule has 354 valence electrons. The molecule has 0 spiro atoms. The number of unbranched alkanes of at least 4 members (excludes halogenated alkanes) is 30. The summed E-state index contributed by atoms with van der Waals surface area (Å²) in [5.41, 5.74) is 0. The minimum atomic E-state index is -0.780. The standard InChI is InChI=1S/C55H98O6/c1-4-7-10-13-16-19-22-25-27-30-33-36-39-42-45-48-54(57)60-51-52(50-59-53(56)47-44-41-38-35-32-29-24-21-18-15-12-9-6-3)61-55(58)49-46-43-40-37-34-31-28-26-23-20-17-14-11-8-5-2/h7,10,13,16,19,22,29,32,52H,4-6,8-9,11-12,14-15,17-18,20-21,23-28,30-31,33-51H2,1-3H3/b10-7-,16-13-,22-19-,32-29-. The predicted molar refractivity (Wildman–Crippen MR) is 261 cm³/mol. The van der Waals surface area contributed by atoms with Gasteiger partial charge in [-0.3, -0.25) is 14.4 Å². The van der Waals surface area contributed by atoms with Crippen LogP contribution in [-0.2, 0) is 28.6 Å². The van der Waals surface area contributed by atoms with Gasteiger partial charge in [0.15, 0.2) is 6.10 Å². The van der Waals surface area contributed by atoms with Crippen molar-refractivity contribution in [2.75, 3.05) is 13.2 Å². The molecule has 0 aromatic carbocycles. The van der Waals surface area contributed by atoms with Gasteiger partial charge in [0.05, 0.1) is 0 Å². The van der Waals surface area contributed by atoms with Gasteiger partial charge in [-0.05, 0) is 64.2 Å². The van der Waals surface area contributed by atoms with E-state index in [0.717, 1.165) is 83.5 Å². The third-order valence-corrected chi connectivity index (χ3v) is 11.4. The van der Waals surface area contributed by atoms with Crippen molar-refractivity contribution in [1.29, 1.82) is 0 Å². The Bertz CT molecular complexity index is 1070. The van der Waals surface area contributed by atoms with Crippen LogP contribution in [0.4, 0.5) is 0 Å². The van der Waals surface area contributed by atoms with Crippen LogP contribution < -0.4 is 0 Å². The van der Waals surface area contributed by atoms with Gasteiger partial charge in [0, 0.05) is 19.3 Å². The van der Waals surface area contributed by atoms with Crippen molar-refractivity contribution in [3.05, 3.63) is 48.6 Å². The van der Waals surface area contributed by atoms with Gasteiger partial charge >= 0.3 is 17.9 Å². The molecule has 0 N–H and O–H groups in total. The van der Waals surface area contributed by atoms with Crippen LogP contribution in [0.5, 0.6) is 0 Å². The summed E-state index contributed by atoms with van der Waals surface area (Å²) in [4.78, 5) is 38.0. The molecule has 0 fully saturated rings. The highest BCUT2D eigenvalue weighted by Crippen LogP contribution is 2.16. The van der Waals surface area contributed by atoms with Crippen molar-refractivity contribution in [3.63, 3.8) is 0 Å². The number of ether oxygens (including phenoxy) is 3. The van der Waals surface area contributed by atoms with E-state index in [1.807, 2.05) is 0 Å². The smallest absolute Gasteiger partial charge is 0.306 e. The SMILES string of the molecule is CC\C=C/C=C\C=C/CCCCCCCCCC(=O)OCC(COC(=O)CCCCC/C=C\CCCCCCCC)OC(=O)CCCCCCCCCCCCCCCCC. The maximum absolute atomic E-state index is 12.8. The van der Waals surface area contributed by atoms with Gasteiger partial charge in [-0.15, -0.1) is 0 Å². The van der Waals surface area contributed by atoms with E-state index in [-0.39, 0.29) is 31.1 Å². The molecule has 0 aliphatic rings. The molecular formula is C55H98O6. The highest BCUT2D eigenvalue weighted by molar-refractivity contribution is 5.71. The molecule has 0 rings (SSSR count). The first kappa shape index (κ1) is 58.4. The number of hydrogen-bond acceptors (Lipinski definition) is 6. The monoisotopic (exact) mass is 855 g/mol. The molecule has 6 heteroatoms. The van der Waals surface area contributed by atoms with Crippen molar-refractivity contribution < 1.29 is 28.6 Å². The molecule has 0 aliphatic carbocycles. The average molecular weight is 855 g/mol. The van der Waals surface area contributed by atoms with Crippen molar-refractivity contribution in [2.24, 2.45) is 0 Å². The molecular weight excluding hydrogens is 757 g/mol. The lowest BCUT2D eigenvalue weighted by Crippen LogP contribution is -2.30. The third kappa shape index (κ3) is 48.3. The van der Waals surface area contributed by atoms with Crippen molar-refractivity contribution in [3.8, 4) is 0 Å². The van der Waals surface area contributed by atoms with Crippen molar-refractivity contribution in [2.45, 2.75) is 271 Å². The Morgan fingerprint density at radius 2 is 0.656 bits per heavy atom. The van der Waals surface area contributed by atoms with Gasteiger partial charge < -0.3 is 14.2 Å². The molecule has 1 unspecified atom stereocenters. The molecule has 0 bridgehead atoms. The van der Waals surface area contributed by atoms with E-state index >= 15 is 0 Å². The van der Waals surface area contributed by atoms with E-state index in [0.29, 0.717) is 19.3 Å². The highest BCUT2D eigenvalue weighted by Gasteiger charge is 2.19. The second kappa shape index (κ2) is 50.0. The first-order valence-electron chi connectivity index (χ1n) is 26.2. The lowest BCUT2D eigenvalue weighted by atomic mass is 10.0. The van der Waals surface area contributed by atoms with E-state index in [2.05, 4.69) is 69.4 Å². The summed E-state index contributed by atoms with van der Waals surface area (Å²) in [7, 11) is 0. The lowest BCUT2D eigenvalue weighted by Gasteiger charge is -2.18. The van der Waals surface area contributed by atoms with Gasteiger partial charge in [-0.1, -0.05) is 230 Å². The topological polar surface area (TPSA) is 78.9 Å². The highest BCUT2D eigenvalue weighted by atomic mass is 16.6. The number of rotatable bonds is 47. The first-order chi connectivity index (χ1) is 30.0. The molecule has 0 radical (unpaired) electrons. The zero-order valence-electron chi connectivity index (χ0n) is 40.4. The average Bonchev–Trinajstić information content (AvgIpc) is 3.26. The summed E-state index contributed by atoms with van der Waals surface area (Å²) in [5, 5.41) is 0. The maximum atomic E-state index is 12.8. The maximum Gasteiger partial charge on any atom is 0.306 e. The number of carbonyl (C=O) groups is 3. The van der Waals surface area contributed by atoms with E-state index in [9.17, 15) is 14.4 Å². The van der Waals surface area contributed by atoms with Crippen LogP contribution in [0.2, 0.25) is 0 Å². The third-order valence-electron chi connectivity index (χ3n) is 11.4. The normalized spacial score (nSPS) is 12.4. The summed E-state index contributed by atoms with van der Waals surface area (Å²) in [6.07, 6.45) is 59.5. The largest absolute Gasteiger partial charge is 0.462 e. The fourth-order valence-corrected chi connectivity index (χ4v) is 7.44. The molecule has 0 saturated carbocycles. The van der Waals surface area contributed by atoms with Crippen molar-refractivity contribution >= 4 is 17.9 Å². The minimum Gasteiger partial charge on any atom is -0.462 e. The Balaban J connectivity index is 4.39. The molecule has 0 amide bonds. The van der Waals surface area contributed by atoms with Gasteiger partial charge in [-0.25, -0.2) is 0 Å². The van der Waals surface area contributed by atoms with Crippen molar-refractivity contribution in [1.82, 2.24) is 0 Å². The zero-order chi connectivity index (χ0) is 44.4. The molecule has 0 aromatic heterocycles. The van der Waals surface area contributed by atoms with Crippen LogP contribution in [0.25, 0.3) is 0 Å². The van der Waals surface area contributed by atoms with Crippen LogP contribution in [0.3, 0.4) is 0 Å². The Kier molecular flexibility index (Phi) is 47.9.